The first-order valence-corrected chi connectivity index (χ1v) is 17.6. The SMILES string of the molecule is C=CC[N+]1(CCCc2ccccc2)CC[C@]23C4=C5C=CC(NC(=O)C(=C(O)c6ccccc6)C(F)(F)F)(OC(C)=O)C4O[C@H]2CCC[C@H]3[C@H]1C5. The third-order valence-corrected chi connectivity index (χ3v) is 11.9. The maximum Gasteiger partial charge on any atom is 0.425 e. The lowest BCUT2D eigenvalue weighted by molar-refractivity contribution is -0.958. The Balaban J connectivity index is 1.26. The quantitative estimate of drug-likeness (QED) is 0.0693. The number of esters is 1. The largest absolute Gasteiger partial charge is 0.506 e. The van der Waals surface area contributed by atoms with Gasteiger partial charge in [0.1, 0.15) is 11.9 Å². The maximum atomic E-state index is 14.5. The van der Waals surface area contributed by atoms with Crippen LogP contribution >= 0.6 is 0 Å². The van der Waals surface area contributed by atoms with Gasteiger partial charge in [-0.05, 0) is 48.1 Å². The molecule has 50 heavy (non-hydrogen) atoms. The number of aliphatic hydroxyl groups excluding tert-OH is 1. The first-order valence-electron chi connectivity index (χ1n) is 17.6. The molecule has 1 spiro atoms. The molecule has 2 aliphatic heterocycles. The number of carbonyl (C=O) groups excluding carboxylic acids is 2. The van der Waals surface area contributed by atoms with Crippen LogP contribution in [-0.2, 0) is 25.5 Å². The number of hydrogen-bond donors (Lipinski definition) is 2. The Morgan fingerprint density at radius 1 is 1.12 bits per heavy atom. The fraction of sp³-hybridized carbons (Fsp3) is 0.450. The number of quaternary nitrogens is 1. The van der Waals surface area contributed by atoms with Crippen LogP contribution in [0, 0.1) is 11.3 Å². The molecular formula is C40H44F3N2O5+. The molecule has 7 nitrogen and oxygen atoms in total. The molecule has 7 atom stereocenters. The zero-order valence-corrected chi connectivity index (χ0v) is 28.3. The summed E-state index contributed by atoms with van der Waals surface area (Å²) in [4.78, 5) is 26.4. The number of nitrogens with one attached hydrogen (secondary N) is 1. The number of alkyl halides is 3. The van der Waals surface area contributed by atoms with E-state index in [1.165, 1.54) is 35.9 Å². The van der Waals surface area contributed by atoms with Gasteiger partial charge in [0.25, 0.3) is 5.91 Å². The van der Waals surface area contributed by atoms with Crippen molar-refractivity contribution in [2.75, 3.05) is 19.6 Å². The Morgan fingerprint density at radius 3 is 2.52 bits per heavy atom. The Labute approximate surface area is 290 Å². The first kappa shape index (κ1) is 34.3. The highest BCUT2D eigenvalue weighted by Gasteiger charge is 2.71. The topological polar surface area (TPSA) is 84.9 Å². The molecule has 3 fully saturated rings. The van der Waals surface area contributed by atoms with Gasteiger partial charge in [0.2, 0.25) is 5.72 Å². The number of aryl methyl sites for hydroxylation is 1. The lowest BCUT2D eigenvalue weighted by Crippen LogP contribution is -2.70. The fourth-order valence-electron chi connectivity index (χ4n) is 10.1. The van der Waals surface area contributed by atoms with E-state index in [1.807, 2.05) is 18.2 Å². The number of benzene rings is 2. The molecule has 3 unspecified atom stereocenters. The van der Waals surface area contributed by atoms with Gasteiger partial charge in [-0.1, -0.05) is 79.7 Å². The van der Waals surface area contributed by atoms with Crippen LogP contribution < -0.4 is 5.32 Å². The molecule has 2 heterocycles. The molecule has 2 saturated heterocycles. The van der Waals surface area contributed by atoms with E-state index in [0.29, 0.717) is 6.04 Å². The average molecular weight is 690 g/mol. The van der Waals surface area contributed by atoms with Crippen LogP contribution in [0.1, 0.15) is 56.6 Å². The minimum atomic E-state index is -5.22. The van der Waals surface area contributed by atoms with E-state index in [1.54, 1.807) is 6.07 Å². The van der Waals surface area contributed by atoms with Crippen molar-refractivity contribution in [1.82, 2.24) is 5.32 Å². The molecule has 1 saturated carbocycles. The molecular weight excluding hydrogens is 645 g/mol. The predicted octanol–water partition coefficient (Wildman–Crippen LogP) is 7.13. The van der Waals surface area contributed by atoms with E-state index >= 15 is 0 Å². The number of piperidine rings is 1. The van der Waals surface area contributed by atoms with Gasteiger partial charge >= 0.3 is 12.1 Å². The Kier molecular flexibility index (Phi) is 8.83. The third-order valence-electron chi connectivity index (χ3n) is 11.9. The summed E-state index contributed by atoms with van der Waals surface area (Å²) in [5.41, 5.74) is -1.08. The highest BCUT2D eigenvalue weighted by molar-refractivity contribution is 6.01. The number of hydrogen-bond acceptors (Lipinski definition) is 5. The molecule has 10 heteroatoms. The molecule has 2 bridgehead atoms. The van der Waals surface area contributed by atoms with Crippen molar-refractivity contribution in [1.29, 1.82) is 0 Å². The summed E-state index contributed by atoms with van der Waals surface area (Å²) in [6.07, 6.45) is 5.15. The van der Waals surface area contributed by atoms with Crippen LogP contribution in [0.2, 0.25) is 0 Å². The Morgan fingerprint density at radius 2 is 1.84 bits per heavy atom. The second-order valence-electron chi connectivity index (χ2n) is 14.5. The minimum Gasteiger partial charge on any atom is -0.506 e. The zero-order valence-electron chi connectivity index (χ0n) is 28.3. The van der Waals surface area contributed by atoms with Crippen molar-refractivity contribution < 1.29 is 41.8 Å². The van der Waals surface area contributed by atoms with Gasteiger partial charge in [0.05, 0.1) is 31.8 Å². The molecule has 2 aromatic rings. The first-order chi connectivity index (χ1) is 23.9. The summed E-state index contributed by atoms with van der Waals surface area (Å²) >= 11 is 0. The van der Waals surface area contributed by atoms with Gasteiger partial charge in [-0.15, -0.1) is 0 Å². The molecule has 0 radical (unpaired) electrons. The normalized spacial score (nSPS) is 32.9. The summed E-state index contributed by atoms with van der Waals surface area (Å²) in [5, 5.41) is 13.2. The van der Waals surface area contributed by atoms with Gasteiger partial charge in [-0.2, -0.15) is 13.2 Å². The van der Waals surface area contributed by atoms with E-state index < -0.39 is 41.2 Å². The van der Waals surface area contributed by atoms with Crippen LogP contribution in [-0.4, -0.2) is 71.3 Å². The van der Waals surface area contributed by atoms with Crippen LogP contribution in [0.4, 0.5) is 13.2 Å². The summed E-state index contributed by atoms with van der Waals surface area (Å²) in [6, 6.07) is 17.9. The molecule has 2 N–H and O–H groups in total. The molecule has 3 aliphatic carbocycles. The van der Waals surface area contributed by atoms with E-state index in [2.05, 4.69) is 36.2 Å². The Bertz CT molecular complexity index is 1750. The maximum absolute atomic E-state index is 14.5. The molecule has 2 aromatic carbocycles. The second-order valence-corrected chi connectivity index (χ2v) is 14.5. The number of carbonyl (C=O) groups is 2. The summed E-state index contributed by atoms with van der Waals surface area (Å²) in [6.45, 7) is 8.06. The molecule has 1 amide bonds. The smallest absolute Gasteiger partial charge is 0.425 e. The standard InChI is InChI=1S/C40H43F3N2O5/c1-3-22-45(23-11-14-27-12-6-4-7-13-27)24-21-38-30-17-10-18-32(38)49-36-33(38)29(25-31(30)45)19-20-39(36,50-26(2)46)44-37(48)34(40(41,42)43)35(47)28-15-8-5-9-16-28/h3-9,12-13,15-16,19-20,30-32,36H,1,10-11,14,17-18,21-25H2,2H3,(H-,44,47,48)/p+1/t30-,31+,32-,36?,38+,39?,45?/m0/s1. The van der Waals surface area contributed by atoms with E-state index in [-0.39, 0.29) is 23.0 Å². The van der Waals surface area contributed by atoms with Crippen molar-refractivity contribution in [3.63, 3.8) is 0 Å². The number of halogens is 3. The van der Waals surface area contributed by atoms with Crippen LogP contribution in [0.25, 0.3) is 5.76 Å². The van der Waals surface area contributed by atoms with Crippen molar-refractivity contribution in [2.45, 2.75) is 82.0 Å². The zero-order chi connectivity index (χ0) is 35.3. The van der Waals surface area contributed by atoms with Crippen LogP contribution in [0.15, 0.2) is 102 Å². The molecule has 5 aliphatic rings. The van der Waals surface area contributed by atoms with Gasteiger partial charge < -0.3 is 24.4 Å². The lowest BCUT2D eigenvalue weighted by atomic mass is 9.50. The number of amides is 1. The van der Waals surface area contributed by atoms with E-state index in [9.17, 15) is 27.9 Å². The molecule has 7 rings (SSSR count). The van der Waals surface area contributed by atoms with E-state index in [4.69, 9.17) is 9.47 Å². The lowest BCUT2D eigenvalue weighted by Gasteiger charge is -2.62. The highest BCUT2D eigenvalue weighted by atomic mass is 19.4. The second kappa shape index (κ2) is 12.9. The van der Waals surface area contributed by atoms with Crippen molar-refractivity contribution in [3.8, 4) is 0 Å². The van der Waals surface area contributed by atoms with Crippen molar-refractivity contribution in [2.24, 2.45) is 11.3 Å². The number of ether oxygens (including phenoxy) is 2. The Hall–Kier alpha value is -4.15. The molecule has 0 aromatic heterocycles. The van der Waals surface area contributed by atoms with E-state index in [0.717, 1.165) is 87.1 Å². The number of allylic oxidation sites excluding steroid dienone is 1. The summed E-state index contributed by atoms with van der Waals surface area (Å²) < 4.78 is 57.1. The van der Waals surface area contributed by atoms with Gasteiger partial charge in [-0.3, -0.25) is 9.59 Å². The average Bonchev–Trinajstić information content (AvgIpc) is 3.43. The third kappa shape index (κ3) is 5.61. The fourth-order valence-corrected chi connectivity index (χ4v) is 10.1. The van der Waals surface area contributed by atoms with Crippen molar-refractivity contribution >= 4 is 17.6 Å². The summed E-state index contributed by atoms with van der Waals surface area (Å²) in [7, 11) is 0. The van der Waals surface area contributed by atoms with Gasteiger partial charge in [-0.25, -0.2) is 0 Å². The van der Waals surface area contributed by atoms with Crippen molar-refractivity contribution in [3.05, 3.63) is 113 Å². The number of likely N-dealkylation sites (tertiary alicyclic amines) is 1. The van der Waals surface area contributed by atoms with Gasteiger partial charge in [0, 0.05) is 43.1 Å². The summed E-state index contributed by atoms with van der Waals surface area (Å²) in [5.74, 6) is -3.36. The molecule has 264 valence electrons. The monoisotopic (exact) mass is 689 g/mol. The minimum absolute atomic E-state index is 0.170. The van der Waals surface area contributed by atoms with Crippen LogP contribution in [0.5, 0.6) is 0 Å². The van der Waals surface area contributed by atoms with Gasteiger partial charge in [0.15, 0.2) is 5.57 Å². The predicted molar refractivity (Wildman–Crippen MR) is 182 cm³/mol. The number of rotatable bonds is 10. The number of aliphatic hydroxyl groups is 1. The van der Waals surface area contributed by atoms with Crippen LogP contribution in [0.3, 0.4) is 0 Å². The highest BCUT2D eigenvalue weighted by Crippen LogP contribution is 2.67. The number of nitrogens with zero attached hydrogens (tertiary/aromatic N) is 1.